The van der Waals surface area contributed by atoms with Crippen LogP contribution in [0.5, 0.6) is 0 Å². The minimum Gasteiger partial charge on any atom is -0.465 e. The fourth-order valence-corrected chi connectivity index (χ4v) is 2.41. The summed E-state index contributed by atoms with van der Waals surface area (Å²) in [6.07, 6.45) is 6.95. The van der Waals surface area contributed by atoms with Gasteiger partial charge in [-0.15, -0.1) is 0 Å². The van der Waals surface area contributed by atoms with Crippen LogP contribution in [0, 0.1) is 0 Å². The van der Waals surface area contributed by atoms with E-state index in [4.69, 9.17) is 8.94 Å². The first kappa shape index (κ1) is 13.5. The van der Waals surface area contributed by atoms with Gasteiger partial charge in [-0.2, -0.15) is 4.98 Å². The molecule has 6 heteroatoms. The van der Waals surface area contributed by atoms with Gasteiger partial charge >= 0.3 is 0 Å². The molecule has 3 aromatic heterocycles. The number of aryl methyl sites for hydroxylation is 1. The number of imidazole rings is 1. The quantitative estimate of drug-likeness (QED) is 0.572. The highest BCUT2D eigenvalue weighted by Crippen LogP contribution is 2.22. The van der Waals surface area contributed by atoms with Gasteiger partial charge in [-0.1, -0.05) is 5.16 Å². The first-order valence-electron chi connectivity index (χ1n) is 7.34. The molecule has 4 rings (SSSR count). The number of fused-ring (bicyclic) bond motifs is 1. The van der Waals surface area contributed by atoms with Crippen molar-refractivity contribution in [2.24, 2.45) is 0 Å². The zero-order valence-corrected chi connectivity index (χ0v) is 12.5. The lowest BCUT2D eigenvalue weighted by Crippen LogP contribution is -1.90. The van der Waals surface area contributed by atoms with Gasteiger partial charge in [0.15, 0.2) is 0 Å². The van der Waals surface area contributed by atoms with Crippen LogP contribution in [0.2, 0.25) is 0 Å². The van der Waals surface area contributed by atoms with Gasteiger partial charge in [0.2, 0.25) is 5.82 Å². The molecule has 0 aliphatic carbocycles. The molecule has 0 aliphatic rings. The van der Waals surface area contributed by atoms with Crippen LogP contribution in [0.4, 0.5) is 0 Å². The summed E-state index contributed by atoms with van der Waals surface area (Å²) in [7, 11) is 0. The molecule has 3 heterocycles. The smallest absolute Gasteiger partial charge is 0.251 e. The summed E-state index contributed by atoms with van der Waals surface area (Å²) < 4.78 is 12.6. The minimum atomic E-state index is 0.426. The second-order valence-corrected chi connectivity index (χ2v) is 5.04. The molecule has 0 saturated carbocycles. The molecule has 0 spiro atoms. The largest absolute Gasteiger partial charge is 0.465 e. The van der Waals surface area contributed by atoms with Crippen molar-refractivity contribution in [1.29, 1.82) is 0 Å². The van der Waals surface area contributed by atoms with E-state index in [9.17, 15) is 0 Å². The number of aromatic nitrogens is 4. The van der Waals surface area contributed by atoms with Crippen molar-refractivity contribution in [3.63, 3.8) is 0 Å². The molecule has 23 heavy (non-hydrogen) atoms. The van der Waals surface area contributed by atoms with E-state index in [1.165, 1.54) is 0 Å². The van der Waals surface area contributed by atoms with Crippen LogP contribution in [-0.4, -0.2) is 19.7 Å². The van der Waals surface area contributed by atoms with Gasteiger partial charge < -0.3 is 13.5 Å². The summed E-state index contributed by atoms with van der Waals surface area (Å²) in [5.41, 5.74) is 2.89. The van der Waals surface area contributed by atoms with Crippen LogP contribution in [0.1, 0.15) is 18.6 Å². The Kier molecular flexibility index (Phi) is 3.27. The molecule has 6 nitrogen and oxygen atoms in total. The normalized spacial score (nSPS) is 11.7. The van der Waals surface area contributed by atoms with E-state index < -0.39 is 0 Å². The second kappa shape index (κ2) is 5.57. The van der Waals surface area contributed by atoms with Gasteiger partial charge in [-0.3, -0.25) is 0 Å². The number of nitrogens with zero attached hydrogens (tertiary/aromatic N) is 4. The maximum absolute atomic E-state index is 5.24. The average molecular weight is 306 g/mol. The molecular formula is C17H14N4O2. The van der Waals surface area contributed by atoms with Gasteiger partial charge in [0.05, 0.1) is 23.6 Å². The Bertz CT molecular complexity index is 964. The van der Waals surface area contributed by atoms with Gasteiger partial charge in [0.1, 0.15) is 5.76 Å². The molecule has 0 aliphatic heterocycles. The van der Waals surface area contributed by atoms with E-state index in [2.05, 4.69) is 26.6 Å². The molecule has 4 aromatic rings. The predicted molar refractivity (Wildman–Crippen MR) is 86.3 cm³/mol. The molecule has 0 fully saturated rings. The van der Waals surface area contributed by atoms with Crippen LogP contribution >= 0.6 is 0 Å². The lowest BCUT2D eigenvalue weighted by Gasteiger charge is -1.99. The van der Waals surface area contributed by atoms with Crippen molar-refractivity contribution in [1.82, 2.24) is 19.7 Å². The highest BCUT2D eigenvalue weighted by atomic mass is 16.5. The standard InChI is InChI=1S/C17H14N4O2/c1-2-21-11-18-14-10-12(5-7-15(14)21)17-19-16(23-20-17)8-6-13-4-3-9-22-13/h3-11H,2H2,1H3/b8-6+. The van der Waals surface area contributed by atoms with Gasteiger partial charge in [-0.25, -0.2) is 4.98 Å². The second-order valence-electron chi connectivity index (χ2n) is 5.04. The Hall–Kier alpha value is -3.15. The van der Waals surface area contributed by atoms with Gasteiger partial charge in [0.25, 0.3) is 5.89 Å². The van der Waals surface area contributed by atoms with E-state index >= 15 is 0 Å². The summed E-state index contributed by atoms with van der Waals surface area (Å²) in [5.74, 6) is 1.70. The fraction of sp³-hybridized carbons (Fsp3) is 0.118. The third-order valence-electron chi connectivity index (χ3n) is 3.60. The van der Waals surface area contributed by atoms with E-state index in [1.54, 1.807) is 18.4 Å². The highest BCUT2D eigenvalue weighted by Gasteiger charge is 2.09. The molecule has 114 valence electrons. The van der Waals surface area contributed by atoms with Crippen LogP contribution in [0.3, 0.4) is 0 Å². The zero-order chi connectivity index (χ0) is 15.6. The third kappa shape index (κ3) is 2.55. The number of furan rings is 1. The molecule has 0 radical (unpaired) electrons. The molecule has 0 bridgehead atoms. The van der Waals surface area contributed by atoms with Crippen molar-refractivity contribution in [3.8, 4) is 11.4 Å². The van der Waals surface area contributed by atoms with Crippen LogP contribution in [-0.2, 0) is 6.54 Å². The number of hydrogen-bond acceptors (Lipinski definition) is 5. The summed E-state index contributed by atoms with van der Waals surface area (Å²) in [6.45, 7) is 2.98. The predicted octanol–water partition coefficient (Wildman–Crippen LogP) is 3.87. The topological polar surface area (TPSA) is 69.9 Å². The monoisotopic (exact) mass is 306 g/mol. The van der Waals surface area contributed by atoms with Crippen molar-refractivity contribution in [2.45, 2.75) is 13.5 Å². The maximum Gasteiger partial charge on any atom is 0.251 e. The molecule has 1 aromatic carbocycles. The average Bonchev–Trinajstić information content (AvgIpc) is 3.32. The summed E-state index contributed by atoms with van der Waals surface area (Å²) in [5, 5.41) is 4.02. The van der Waals surface area contributed by atoms with E-state index in [0.717, 1.165) is 28.9 Å². The van der Waals surface area contributed by atoms with Crippen LogP contribution < -0.4 is 0 Å². The minimum absolute atomic E-state index is 0.426. The lowest BCUT2D eigenvalue weighted by atomic mass is 10.2. The third-order valence-corrected chi connectivity index (χ3v) is 3.60. The van der Waals surface area contributed by atoms with Crippen molar-refractivity contribution in [2.75, 3.05) is 0 Å². The molecule has 0 atom stereocenters. The Balaban J connectivity index is 1.63. The molecule has 0 unspecified atom stereocenters. The van der Waals surface area contributed by atoms with Crippen molar-refractivity contribution in [3.05, 3.63) is 54.6 Å². The molecule has 0 N–H and O–H groups in total. The zero-order valence-electron chi connectivity index (χ0n) is 12.5. The highest BCUT2D eigenvalue weighted by molar-refractivity contribution is 5.80. The fourth-order valence-electron chi connectivity index (χ4n) is 2.41. The van der Waals surface area contributed by atoms with E-state index in [1.807, 2.05) is 36.7 Å². The molecular weight excluding hydrogens is 292 g/mol. The van der Waals surface area contributed by atoms with Crippen LogP contribution in [0.15, 0.2) is 51.9 Å². The Labute approximate surface area is 132 Å². The summed E-state index contributed by atoms with van der Waals surface area (Å²) in [4.78, 5) is 8.78. The van der Waals surface area contributed by atoms with E-state index in [0.29, 0.717) is 11.7 Å². The van der Waals surface area contributed by atoms with Gasteiger partial charge in [0, 0.05) is 18.2 Å². The Morgan fingerprint density at radius 3 is 3.00 bits per heavy atom. The van der Waals surface area contributed by atoms with Crippen molar-refractivity contribution < 1.29 is 8.94 Å². The summed E-state index contributed by atoms with van der Waals surface area (Å²) >= 11 is 0. The van der Waals surface area contributed by atoms with Crippen molar-refractivity contribution >= 4 is 23.2 Å². The number of benzene rings is 1. The molecule has 0 saturated heterocycles. The maximum atomic E-state index is 5.24. The lowest BCUT2D eigenvalue weighted by molar-refractivity contribution is 0.411. The Morgan fingerprint density at radius 2 is 2.17 bits per heavy atom. The molecule has 0 amide bonds. The number of hydrogen-bond donors (Lipinski definition) is 0. The van der Waals surface area contributed by atoms with Crippen LogP contribution in [0.25, 0.3) is 34.6 Å². The number of rotatable bonds is 4. The first-order valence-corrected chi connectivity index (χ1v) is 7.34. The Morgan fingerprint density at radius 1 is 1.22 bits per heavy atom. The first-order chi connectivity index (χ1) is 11.3. The van der Waals surface area contributed by atoms with Gasteiger partial charge in [-0.05, 0) is 43.3 Å². The SMILES string of the molecule is CCn1cnc2cc(-c3noc(/C=C/c4ccco4)n3)ccc21. The van der Waals surface area contributed by atoms with E-state index in [-0.39, 0.29) is 0 Å². The summed E-state index contributed by atoms with van der Waals surface area (Å²) in [6, 6.07) is 9.64.